The van der Waals surface area contributed by atoms with Gasteiger partial charge in [-0.1, -0.05) is 24.6 Å². The number of para-hydroxylation sites is 2. The van der Waals surface area contributed by atoms with Crippen LogP contribution in [0.4, 0.5) is 0 Å². The van der Waals surface area contributed by atoms with E-state index in [0.29, 0.717) is 18.2 Å². The van der Waals surface area contributed by atoms with Gasteiger partial charge in [0, 0.05) is 37.6 Å². The topological polar surface area (TPSA) is 68.6 Å². The van der Waals surface area contributed by atoms with Crippen molar-refractivity contribution in [3.8, 4) is 17.4 Å². The normalized spacial score (nSPS) is 14.6. The first kappa shape index (κ1) is 20.8. The maximum atomic E-state index is 6.21. The zero-order valence-electron chi connectivity index (χ0n) is 17.7. The van der Waals surface area contributed by atoms with Crippen LogP contribution in [-0.4, -0.2) is 35.5 Å². The number of nitrogens with one attached hydrogen (secondary N) is 1. The summed E-state index contributed by atoms with van der Waals surface area (Å²) in [6.45, 7) is 2.17. The monoisotopic (exact) mass is 416 g/mol. The van der Waals surface area contributed by atoms with Crippen LogP contribution < -0.4 is 14.8 Å². The van der Waals surface area contributed by atoms with Crippen LogP contribution in [0.2, 0.25) is 0 Å². The van der Waals surface area contributed by atoms with Crippen LogP contribution in [0.3, 0.4) is 0 Å². The highest BCUT2D eigenvalue weighted by Gasteiger charge is 2.15. The zero-order chi connectivity index (χ0) is 21.1. The minimum absolute atomic E-state index is 0.514. The molecule has 0 amide bonds. The van der Waals surface area contributed by atoms with E-state index in [1.165, 1.54) is 0 Å². The second kappa shape index (κ2) is 11.1. The number of fused-ring (bicyclic) bond motifs is 2. The molecule has 1 N–H and O–H groups in total. The second-order valence-corrected chi connectivity index (χ2v) is 7.40. The summed E-state index contributed by atoms with van der Waals surface area (Å²) >= 11 is 0. The number of hydrogen-bond donors (Lipinski definition) is 1. The lowest BCUT2D eigenvalue weighted by Gasteiger charge is -2.16. The molecule has 1 aliphatic heterocycles. The Balaban J connectivity index is 1.59. The van der Waals surface area contributed by atoms with Gasteiger partial charge in [-0.25, -0.2) is 4.98 Å². The Morgan fingerprint density at radius 2 is 1.65 bits per heavy atom. The summed E-state index contributed by atoms with van der Waals surface area (Å²) in [6, 6.07) is 17.6. The van der Waals surface area contributed by atoms with Gasteiger partial charge < -0.3 is 14.8 Å². The smallest absolute Gasteiger partial charge is 0.230 e. The Hall–Kier alpha value is -3.41. The quantitative estimate of drug-likeness (QED) is 0.664. The maximum absolute atomic E-state index is 6.21. The van der Waals surface area contributed by atoms with E-state index in [1.54, 1.807) is 6.20 Å². The number of nitrogens with zero attached hydrogens (tertiary/aromatic N) is 3. The van der Waals surface area contributed by atoms with Gasteiger partial charge in [0.1, 0.15) is 5.84 Å². The van der Waals surface area contributed by atoms with Crippen LogP contribution in [0.5, 0.6) is 17.4 Å². The van der Waals surface area contributed by atoms with E-state index >= 15 is 0 Å². The lowest BCUT2D eigenvalue weighted by atomic mass is 10.2. The van der Waals surface area contributed by atoms with E-state index < -0.39 is 0 Å². The van der Waals surface area contributed by atoms with Crippen molar-refractivity contribution in [2.24, 2.45) is 4.99 Å². The van der Waals surface area contributed by atoms with Gasteiger partial charge in [-0.2, -0.15) is 0 Å². The number of aliphatic imine (C=N–C) groups is 1. The van der Waals surface area contributed by atoms with Crippen LogP contribution in [-0.2, 0) is 6.42 Å². The van der Waals surface area contributed by atoms with Crippen molar-refractivity contribution in [2.75, 3.05) is 19.7 Å². The van der Waals surface area contributed by atoms with E-state index in [2.05, 4.69) is 15.3 Å². The Bertz CT molecular complexity index is 992. The lowest BCUT2D eigenvalue weighted by Crippen LogP contribution is -2.28. The lowest BCUT2D eigenvalue weighted by molar-refractivity contribution is 0.290. The second-order valence-electron chi connectivity index (χ2n) is 7.40. The van der Waals surface area contributed by atoms with E-state index in [-0.39, 0.29) is 0 Å². The van der Waals surface area contributed by atoms with Crippen molar-refractivity contribution in [1.29, 1.82) is 0 Å². The van der Waals surface area contributed by atoms with Crippen molar-refractivity contribution in [3.05, 3.63) is 78.2 Å². The summed E-state index contributed by atoms with van der Waals surface area (Å²) in [5.41, 5.74) is 1.89. The predicted octanol–water partition coefficient (Wildman–Crippen LogP) is 4.80. The molecule has 0 unspecified atom stereocenters. The third-order valence-corrected chi connectivity index (χ3v) is 5.06. The first-order valence-corrected chi connectivity index (χ1v) is 10.9. The van der Waals surface area contributed by atoms with E-state index in [9.17, 15) is 0 Å². The minimum atomic E-state index is 0.514. The minimum Gasteiger partial charge on any atom is -0.490 e. The molecule has 0 atom stereocenters. The van der Waals surface area contributed by atoms with Crippen LogP contribution in [0.25, 0.3) is 0 Å². The van der Waals surface area contributed by atoms with Crippen molar-refractivity contribution < 1.29 is 9.47 Å². The molecule has 0 bridgehead atoms. The molecule has 31 heavy (non-hydrogen) atoms. The van der Waals surface area contributed by atoms with E-state index in [1.807, 2.05) is 60.8 Å². The number of rotatable bonds is 3. The Morgan fingerprint density at radius 1 is 0.806 bits per heavy atom. The zero-order valence-corrected chi connectivity index (χ0v) is 17.7. The Kier molecular flexibility index (Phi) is 7.47. The van der Waals surface area contributed by atoms with Crippen molar-refractivity contribution in [2.45, 2.75) is 32.1 Å². The number of benzene rings is 1. The highest BCUT2D eigenvalue weighted by molar-refractivity contribution is 6.00. The van der Waals surface area contributed by atoms with E-state index in [4.69, 9.17) is 14.5 Å². The molecule has 1 aromatic carbocycles. The molecule has 1 aliphatic rings. The van der Waals surface area contributed by atoms with Gasteiger partial charge in [0.05, 0.1) is 12.2 Å². The van der Waals surface area contributed by atoms with Gasteiger partial charge >= 0.3 is 0 Å². The molecular formula is C25H28N4O2. The van der Waals surface area contributed by atoms with Gasteiger partial charge in [0.25, 0.3) is 0 Å². The molecule has 3 aromatic rings. The third kappa shape index (κ3) is 6.04. The molecule has 4 rings (SSSR count). The molecule has 3 heterocycles. The average Bonchev–Trinajstić information content (AvgIpc) is 2.81. The standard InChI is InChI=1S/C25H28N4O2/c1-2-8-19-30-22-12-3-4-13-23(22)31-25-21(11-9-17-29-25)24(27-16-6-1)28-18-14-20-10-5-7-15-26-20/h3-5,7,9-13,15,17H,1-2,6,8,14,16,18-19H2,(H,27,28). The summed E-state index contributed by atoms with van der Waals surface area (Å²) < 4.78 is 12.2. The molecule has 0 radical (unpaired) electrons. The van der Waals surface area contributed by atoms with Gasteiger partial charge in [-0.15, -0.1) is 0 Å². The van der Waals surface area contributed by atoms with Crippen LogP contribution in [0.1, 0.15) is 36.9 Å². The van der Waals surface area contributed by atoms with Gasteiger partial charge in [-0.3, -0.25) is 9.98 Å². The largest absolute Gasteiger partial charge is 0.490 e. The van der Waals surface area contributed by atoms with Gasteiger partial charge in [-0.05, 0) is 55.7 Å². The molecule has 0 saturated carbocycles. The average molecular weight is 417 g/mol. The number of hydrogen-bond acceptors (Lipinski definition) is 6. The molecule has 160 valence electrons. The molecule has 0 spiro atoms. The first-order valence-electron chi connectivity index (χ1n) is 10.9. The molecular weight excluding hydrogens is 388 g/mol. The molecule has 0 aliphatic carbocycles. The van der Waals surface area contributed by atoms with Crippen molar-refractivity contribution >= 4 is 5.84 Å². The Morgan fingerprint density at radius 3 is 2.55 bits per heavy atom. The van der Waals surface area contributed by atoms with E-state index in [0.717, 1.165) is 68.0 Å². The highest BCUT2D eigenvalue weighted by atomic mass is 16.5. The van der Waals surface area contributed by atoms with Crippen LogP contribution in [0, 0.1) is 0 Å². The summed E-state index contributed by atoms with van der Waals surface area (Å²) in [4.78, 5) is 13.8. The number of aromatic nitrogens is 2. The first-order chi connectivity index (χ1) is 15.4. The maximum Gasteiger partial charge on any atom is 0.230 e. The fraction of sp³-hybridized carbons (Fsp3) is 0.320. The fourth-order valence-corrected chi connectivity index (χ4v) is 3.44. The number of ether oxygens (including phenoxy) is 2. The highest BCUT2D eigenvalue weighted by Crippen LogP contribution is 2.32. The number of pyridine rings is 2. The molecule has 0 fully saturated rings. The summed E-state index contributed by atoms with van der Waals surface area (Å²) in [5, 5.41) is 3.49. The molecule has 2 aromatic heterocycles. The molecule has 6 heteroatoms. The summed E-state index contributed by atoms with van der Waals surface area (Å²) in [5.74, 6) is 2.71. The molecule has 6 nitrogen and oxygen atoms in total. The SMILES string of the molecule is c1ccc(CCNC2=NCCCCCCOc3ccccc3Oc3ncccc32)nc1. The van der Waals surface area contributed by atoms with Crippen LogP contribution in [0.15, 0.2) is 72.0 Å². The van der Waals surface area contributed by atoms with Crippen LogP contribution >= 0.6 is 0 Å². The summed E-state index contributed by atoms with van der Waals surface area (Å²) in [7, 11) is 0. The third-order valence-electron chi connectivity index (χ3n) is 5.06. The summed E-state index contributed by atoms with van der Waals surface area (Å²) in [6.07, 6.45) is 8.68. The van der Waals surface area contributed by atoms with Crippen molar-refractivity contribution in [3.63, 3.8) is 0 Å². The molecule has 0 saturated heterocycles. The fourth-order valence-electron chi connectivity index (χ4n) is 3.44. The Labute approximate surface area is 183 Å². The van der Waals surface area contributed by atoms with Gasteiger partial charge in [0.15, 0.2) is 11.5 Å². The van der Waals surface area contributed by atoms with Crippen molar-refractivity contribution in [1.82, 2.24) is 15.3 Å². The van der Waals surface area contributed by atoms with Gasteiger partial charge in [0.2, 0.25) is 5.88 Å². The predicted molar refractivity (Wildman–Crippen MR) is 122 cm³/mol. The number of amidine groups is 1.